The van der Waals surface area contributed by atoms with E-state index in [2.05, 4.69) is 34.5 Å². The summed E-state index contributed by atoms with van der Waals surface area (Å²) in [6, 6.07) is 14.1. The van der Waals surface area contributed by atoms with Crippen LogP contribution in [0.1, 0.15) is 11.4 Å². The lowest BCUT2D eigenvalue weighted by molar-refractivity contribution is -0.107. The maximum Gasteiger partial charge on any atom is 0.214 e. The first-order valence-corrected chi connectivity index (χ1v) is 10.1. The molecule has 6 nitrogen and oxygen atoms in total. The Morgan fingerprint density at radius 1 is 1.17 bits per heavy atom. The summed E-state index contributed by atoms with van der Waals surface area (Å²) in [7, 11) is 1.87. The third-order valence-electron chi connectivity index (χ3n) is 5.84. The molecule has 0 fully saturated rings. The molecule has 5 rings (SSSR count). The van der Waals surface area contributed by atoms with Gasteiger partial charge >= 0.3 is 0 Å². The summed E-state index contributed by atoms with van der Waals surface area (Å²) in [6.45, 7) is 3.04. The van der Waals surface area contributed by atoms with E-state index in [1.807, 2.05) is 50.4 Å². The molecule has 30 heavy (non-hydrogen) atoms. The van der Waals surface area contributed by atoms with Crippen LogP contribution in [0.15, 0.2) is 66.5 Å². The molecule has 1 aromatic heterocycles. The number of benzene rings is 2. The summed E-state index contributed by atoms with van der Waals surface area (Å²) in [6.07, 6.45) is 7.17. The van der Waals surface area contributed by atoms with Gasteiger partial charge in [0.05, 0.1) is 5.69 Å². The zero-order valence-corrected chi connectivity index (χ0v) is 17.5. The number of anilines is 1. The highest BCUT2D eigenvalue weighted by Gasteiger charge is 2.42. The minimum atomic E-state index is 0.449. The van der Waals surface area contributed by atoms with Crippen LogP contribution in [0.3, 0.4) is 0 Å². The Morgan fingerprint density at radius 2 is 2.00 bits per heavy atom. The van der Waals surface area contributed by atoms with Crippen molar-refractivity contribution in [3.05, 3.63) is 82.9 Å². The van der Waals surface area contributed by atoms with Crippen LogP contribution < -0.4 is 9.38 Å². The molecule has 2 aromatic carbocycles. The molecule has 0 bridgehead atoms. The fraction of sp³-hybridized carbons (Fsp3) is 0.174. The van der Waals surface area contributed by atoms with E-state index >= 15 is 0 Å². The highest BCUT2D eigenvalue weighted by atomic mass is 35.5. The van der Waals surface area contributed by atoms with Crippen LogP contribution in [0.5, 0.6) is 0 Å². The van der Waals surface area contributed by atoms with Gasteiger partial charge in [-0.2, -0.15) is 5.10 Å². The first kappa shape index (κ1) is 18.8. The van der Waals surface area contributed by atoms with Gasteiger partial charge in [-0.05, 0) is 25.1 Å². The number of allylic oxidation sites excluding steroid dienone is 2. The highest BCUT2D eigenvalue weighted by Crippen LogP contribution is 2.46. The van der Waals surface area contributed by atoms with Gasteiger partial charge < -0.3 is 4.90 Å². The molecule has 0 spiro atoms. The number of halogens is 1. The van der Waals surface area contributed by atoms with E-state index in [1.165, 1.54) is 0 Å². The highest BCUT2D eigenvalue weighted by molar-refractivity contribution is 6.35. The molecule has 0 saturated carbocycles. The van der Waals surface area contributed by atoms with Crippen molar-refractivity contribution in [1.82, 2.24) is 19.2 Å². The van der Waals surface area contributed by atoms with Crippen LogP contribution in [0.4, 0.5) is 11.4 Å². The van der Waals surface area contributed by atoms with Gasteiger partial charge in [0.15, 0.2) is 11.5 Å². The number of nitrogens with zero attached hydrogens (tertiary/aromatic N) is 5. The average molecular weight is 419 g/mol. The predicted octanol–water partition coefficient (Wildman–Crippen LogP) is 4.34. The summed E-state index contributed by atoms with van der Waals surface area (Å²) in [5.41, 5.74) is 4.92. The van der Waals surface area contributed by atoms with E-state index in [9.17, 15) is 4.79 Å². The van der Waals surface area contributed by atoms with Gasteiger partial charge in [-0.15, -0.1) is 0 Å². The van der Waals surface area contributed by atoms with Crippen LogP contribution in [-0.2, 0) is 18.4 Å². The van der Waals surface area contributed by atoms with Crippen molar-refractivity contribution in [2.24, 2.45) is 7.05 Å². The van der Waals surface area contributed by atoms with Crippen LogP contribution in [0, 0.1) is 6.92 Å². The molecule has 0 aliphatic carbocycles. The molecular formula is C23H21ClN5O+. The van der Waals surface area contributed by atoms with E-state index in [4.69, 9.17) is 11.6 Å². The fourth-order valence-electron chi connectivity index (χ4n) is 4.48. The third kappa shape index (κ3) is 2.72. The van der Waals surface area contributed by atoms with E-state index in [-0.39, 0.29) is 0 Å². The Morgan fingerprint density at radius 3 is 2.77 bits per heavy atom. The topological polar surface area (TPSA) is 51.0 Å². The largest absolute Gasteiger partial charge is 0.305 e. The number of hydrogen-bond acceptors (Lipinski definition) is 3. The van der Waals surface area contributed by atoms with E-state index in [0.717, 1.165) is 40.4 Å². The van der Waals surface area contributed by atoms with Gasteiger partial charge in [-0.25, -0.2) is 14.1 Å². The fourth-order valence-corrected chi connectivity index (χ4v) is 4.84. The average Bonchev–Trinajstić information content (AvgIpc) is 3.25. The molecule has 1 atom stereocenters. The van der Waals surface area contributed by atoms with Gasteiger partial charge in [0, 0.05) is 30.3 Å². The van der Waals surface area contributed by atoms with Crippen molar-refractivity contribution in [1.29, 1.82) is 0 Å². The van der Waals surface area contributed by atoms with Gasteiger partial charge in [-0.1, -0.05) is 35.9 Å². The summed E-state index contributed by atoms with van der Waals surface area (Å²) in [4.78, 5) is 18.2. The molecule has 150 valence electrons. The van der Waals surface area contributed by atoms with Crippen molar-refractivity contribution in [2.75, 3.05) is 11.4 Å². The maximum atomic E-state index is 11.9. The minimum Gasteiger partial charge on any atom is -0.305 e. The zero-order chi connectivity index (χ0) is 20.9. The molecule has 2 aliphatic heterocycles. The number of aryl methyl sites for hydroxylation is 2. The minimum absolute atomic E-state index is 0.449. The Hall–Kier alpha value is -3.22. The number of quaternary nitrogens is 1. The molecule has 1 unspecified atom stereocenters. The lowest BCUT2D eigenvalue weighted by Gasteiger charge is -2.33. The van der Waals surface area contributed by atoms with Crippen molar-refractivity contribution in [3.63, 3.8) is 0 Å². The smallest absolute Gasteiger partial charge is 0.214 e. The quantitative estimate of drug-likeness (QED) is 0.469. The number of carbonyl (C=O) groups excluding carboxylic acids is 1. The van der Waals surface area contributed by atoms with Crippen LogP contribution in [0.2, 0.25) is 5.02 Å². The van der Waals surface area contributed by atoms with Gasteiger partial charge in [0.25, 0.3) is 0 Å². The van der Waals surface area contributed by atoms with E-state index < -0.39 is 0 Å². The molecule has 7 heteroatoms. The number of hydrogen-bond donors (Lipinski definition) is 0. The molecule has 0 N–H and O–H groups in total. The standard InChI is InChI=1S/C23H21ClN5O/c1-16-25-23(27(2)26-16)19-9-5-11-21(22(19)24)29-12-6-8-18(29)13-28(15-30)20-10-4-3-7-17(20)14-29/h3-12,15H,13-14H2,1-2H3/q+1. The normalized spacial score (nSPS) is 19.8. The van der Waals surface area contributed by atoms with Gasteiger partial charge in [0.1, 0.15) is 35.8 Å². The van der Waals surface area contributed by atoms with Crippen LogP contribution in [0.25, 0.3) is 11.4 Å². The molecule has 0 saturated heterocycles. The first-order chi connectivity index (χ1) is 14.5. The van der Waals surface area contributed by atoms with Gasteiger partial charge in [0.2, 0.25) is 6.41 Å². The predicted molar refractivity (Wildman–Crippen MR) is 119 cm³/mol. The maximum absolute atomic E-state index is 11.9. The second-order valence-corrected chi connectivity index (χ2v) is 8.01. The van der Waals surface area contributed by atoms with Gasteiger partial charge in [-0.3, -0.25) is 4.79 Å². The number of amides is 1. The summed E-state index contributed by atoms with van der Waals surface area (Å²) in [5, 5.41) is 5.01. The Bertz CT molecular complexity index is 1230. The lowest BCUT2D eigenvalue weighted by atomic mass is 10.1. The van der Waals surface area contributed by atoms with Crippen LogP contribution >= 0.6 is 11.6 Å². The SMILES string of the molecule is Cc1nc(-c2cccc([N+]34C=CC=C3CN(C=O)c3ccccc3C4)c2Cl)n(C)n1. The summed E-state index contributed by atoms with van der Waals surface area (Å²) < 4.78 is 2.20. The Kier molecular flexibility index (Phi) is 4.34. The van der Waals surface area contributed by atoms with Crippen molar-refractivity contribution < 1.29 is 4.79 Å². The number of aromatic nitrogens is 3. The zero-order valence-electron chi connectivity index (χ0n) is 16.8. The summed E-state index contributed by atoms with van der Waals surface area (Å²) >= 11 is 7.03. The number of para-hydroxylation sites is 1. The monoisotopic (exact) mass is 418 g/mol. The lowest BCUT2D eigenvalue weighted by Crippen LogP contribution is -2.42. The van der Waals surface area contributed by atoms with E-state index in [0.29, 0.717) is 28.4 Å². The molecule has 3 aromatic rings. The molecule has 2 aliphatic rings. The molecule has 1 amide bonds. The Balaban J connectivity index is 1.71. The van der Waals surface area contributed by atoms with Crippen molar-refractivity contribution in [2.45, 2.75) is 13.5 Å². The molecule has 0 radical (unpaired) electrons. The van der Waals surface area contributed by atoms with Crippen LogP contribution in [-0.4, -0.2) is 27.7 Å². The third-order valence-corrected chi connectivity index (χ3v) is 6.24. The molecular weight excluding hydrogens is 398 g/mol. The number of fused-ring (bicyclic) bond motifs is 2. The first-order valence-electron chi connectivity index (χ1n) is 9.77. The second kappa shape index (κ2) is 6.93. The van der Waals surface area contributed by atoms with E-state index in [1.54, 1.807) is 9.58 Å². The number of rotatable bonds is 3. The second-order valence-electron chi connectivity index (χ2n) is 7.63. The van der Waals surface area contributed by atoms with Crippen molar-refractivity contribution in [3.8, 4) is 11.4 Å². The Labute approximate surface area is 179 Å². The molecule has 3 heterocycles. The number of carbonyl (C=O) groups is 1. The van der Waals surface area contributed by atoms with Crippen molar-refractivity contribution >= 4 is 29.4 Å². The summed E-state index contributed by atoms with van der Waals surface area (Å²) in [5.74, 6) is 1.43.